The van der Waals surface area contributed by atoms with E-state index in [-0.39, 0.29) is 17.7 Å². The highest BCUT2D eigenvalue weighted by Crippen LogP contribution is 2.30. The average molecular weight is 524 g/mol. The number of ether oxygens (including phenoxy) is 1. The molecule has 4 rings (SSSR count). The number of aromatic nitrogens is 1. The van der Waals surface area contributed by atoms with E-state index in [0.29, 0.717) is 44.1 Å². The van der Waals surface area contributed by atoms with Crippen LogP contribution in [0.15, 0.2) is 36.5 Å². The number of nitrogens with one attached hydrogen (secondary N) is 1. The van der Waals surface area contributed by atoms with Crippen LogP contribution in [0.4, 0.5) is 0 Å². The fraction of sp³-hybridized carbons (Fsp3) is 0.500. The van der Waals surface area contributed by atoms with Gasteiger partial charge < -0.3 is 19.4 Å². The lowest BCUT2D eigenvalue weighted by Gasteiger charge is -2.35. The normalized spacial score (nSPS) is 16.3. The molecular formula is C28H37N5O5. The Morgan fingerprint density at radius 1 is 1.05 bits per heavy atom. The summed E-state index contributed by atoms with van der Waals surface area (Å²) in [6.45, 7) is 5.88. The van der Waals surface area contributed by atoms with Crippen LogP contribution in [0.25, 0.3) is 11.1 Å². The van der Waals surface area contributed by atoms with E-state index in [4.69, 9.17) is 9.94 Å². The molecule has 10 heteroatoms. The number of rotatable bonds is 11. The highest BCUT2D eigenvalue weighted by atomic mass is 16.5. The van der Waals surface area contributed by atoms with Crippen molar-refractivity contribution in [2.24, 2.45) is 0 Å². The molecule has 0 radical (unpaired) electrons. The number of likely N-dealkylation sites (N-methyl/N-ethyl adjacent to an activating group) is 1. The number of pyridine rings is 1. The van der Waals surface area contributed by atoms with Gasteiger partial charge in [-0.1, -0.05) is 25.0 Å². The first kappa shape index (κ1) is 27.5. The molecule has 38 heavy (non-hydrogen) atoms. The molecule has 0 spiro atoms. The van der Waals surface area contributed by atoms with E-state index in [2.05, 4.69) is 16.9 Å². The maximum absolute atomic E-state index is 13.3. The van der Waals surface area contributed by atoms with Gasteiger partial charge in [-0.05, 0) is 50.1 Å². The van der Waals surface area contributed by atoms with Gasteiger partial charge in [0.25, 0.3) is 5.91 Å². The van der Waals surface area contributed by atoms with Crippen LogP contribution < -0.4 is 10.2 Å². The monoisotopic (exact) mass is 523 g/mol. The Bertz CT molecular complexity index is 1130. The van der Waals surface area contributed by atoms with Crippen molar-refractivity contribution in [1.29, 1.82) is 0 Å². The molecule has 2 aliphatic rings. The molecule has 3 amide bonds. The highest BCUT2D eigenvalue weighted by molar-refractivity contribution is 6.02. The fourth-order valence-electron chi connectivity index (χ4n) is 4.85. The van der Waals surface area contributed by atoms with Crippen LogP contribution in [0.5, 0.6) is 5.88 Å². The summed E-state index contributed by atoms with van der Waals surface area (Å²) < 4.78 is 5.73. The van der Waals surface area contributed by atoms with Gasteiger partial charge in [-0.2, -0.15) is 0 Å². The van der Waals surface area contributed by atoms with Crippen LogP contribution in [0.3, 0.4) is 0 Å². The van der Waals surface area contributed by atoms with Gasteiger partial charge in [0.15, 0.2) is 0 Å². The number of hydroxylamine groups is 1. The summed E-state index contributed by atoms with van der Waals surface area (Å²) in [5.41, 5.74) is 4.98. The standard InChI is InChI=1S/C28H37N5O5/c1-20(27(35)32-14-12-31(2)13-15-32)33-19-23-9-8-21(17-24(23)28(33)36)22-10-11-26(29-18-22)38-16-6-4-3-5-7-25(34)30-37/h8-11,17-18,20,37H,3-7,12-16,19H2,1-2H3,(H,30,34). The van der Waals surface area contributed by atoms with Gasteiger partial charge in [0, 0.05) is 62.5 Å². The molecule has 204 valence electrons. The second-order valence-electron chi connectivity index (χ2n) is 10.0. The van der Waals surface area contributed by atoms with Gasteiger partial charge in [0.05, 0.1) is 6.61 Å². The number of hydrogen-bond acceptors (Lipinski definition) is 7. The molecule has 0 aliphatic carbocycles. The van der Waals surface area contributed by atoms with Crippen molar-refractivity contribution >= 4 is 17.7 Å². The van der Waals surface area contributed by atoms with Crippen molar-refractivity contribution < 1.29 is 24.3 Å². The Morgan fingerprint density at radius 2 is 1.79 bits per heavy atom. The molecule has 1 atom stereocenters. The molecule has 2 aliphatic heterocycles. The zero-order chi connectivity index (χ0) is 27.1. The number of fused-ring (bicyclic) bond motifs is 1. The number of carbonyl (C=O) groups excluding carboxylic acids is 3. The SMILES string of the molecule is CC(C(=O)N1CCN(C)CC1)N1Cc2ccc(-c3ccc(OCCCCCCC(=O)NO)nc3)cc2C1=O. The quantitative estimate of drug-likeness (QED) is 0.264. The minimum atomic E-state index is -0.500. The molecule has 1 aromatic carbocycles. The van der Waals surface area contributed by atoms with Crippen molar-refractivity contribution in [2.45, 2.75) is 51.6 Å². The Labute approximate surface area is 223 Å². The summed E-state index contributed by atoms with van der Waals surface area (Å²) in [6.07, 6.45) is 5.45. The lowest BCUT2D eigenvalue weighted by molar-refractivity contribution is -0.137. The first-order valence-electron chi connectivity index (χ1n) is 13.3. The lowest BCUT2D eigenvalue weighted by atomic mass is 10.0. The predicted molar refractivity (Wildman–Crippen MR) is 142 cm³/mol. The summed E-state index contributed by atoms with van der Waals surface area (Å²) in [4.78, 5) is 47.4. The third-order valence-electron chi connectivity index (χ3n) is 7.32. The summed E-state index contributed by atoms with van der Waals surface area (Å²) in [5, 5.41) is 8.49. The maximum Gasteiger partial charge on any atom is 0.255 e. The van der Waals surface area contributed by atoms with E-state index in [9.17, 15) is 14.4 Å². The van der Waals surface area contributed by atoms with Gasteiger partial charge >= 0.3 is 0 Å². The zero-order valence-corrected chi connectivity index (χ0v) is 22.2. The molecule has 1 saturated heterocycles. The number of unbranched alkanes of at least 4 members (excludes halogenated alkanes) is 3. The molecule has 1 aromatic heterocycles. The molecule has 3 heterocycles. The van der Waals surface area contributed by atoms with Gasteiger partial charge in [-0.25, -0.2) is 10.5 Å². The number of benzene rings is 1. The summed E-state index contributed by atoms with van der Waals surface area (Å²) >= 11 is 0. The van der Waals surface area contributed by atoms with E-state index in [1.165, 1.54) is 0 Å². The summed E-state index contributed by atoms with van der Waals surface area (Å²) in [5.74, 6) is 0.0737. The first-order valence-corrected chi connectivity index (χ1v) is 13.3. The van der Waals surface area contributed by atoms with Crippen molar-refractivity contribution in [2.75, 3.05) is 39.8 Å². The molecule has 0 bridgehead atoms. The van der Waals surface area contributed by atoms with Gasteiger partial charge in [-0.15, -0.1) is 0 Å². The fourth-order valence-corrected chi connectivity index (χ4v) is 4.85. The highest BCUT2D eigenvalue weighted by Gasteiger charge is 2.36. The molecular weight excluding hydrogens is 486 g/mol. The van der Waals surface area contributed by atoms with Gasteiger partial charge in [0.1, 0.15) is 6.04 Å². The van der Waals surface area contributed by atoms with Crippen LogP contribution in [-0.4, -0.2) is 88.5 Å². The van der Waals surface area contributed by atoms with E-state index in [1.54, 1.807) is 16.6 Å². The molecule has 1 fully saturated rings. The molecule has 1 unspecified atom stereocenters. The van der Waals surface area contributed by atoms with Crippen molar-refractivity contribution in [1.82, 2.24) is 25.2 Å². The van der Waals surface area contributed by atoms with Gasteiger partial charge in [-0.3, -0.25) is 19.6 Å². The van der Waals surface area contributed by atoms with Crippen molar-refractivity contribution in [3.63, 3.8) is 0 Å². The minimum absolute atomic E-state index is 0.00775. The van der Waals surface area contributed by atoms with E-state index in [0.717, 1.165) is 55.5 Å². The second kappa shape index (κ2) is 12.8. The van der Waals surface area contributed by atoms with Crippen LogP contribution >= 0.6 is 0 Å². The van der Waals surface area contributed by atoms with Crippen LogP contribution in [0, 0.1) is 0 Å². The van der Waals surface area contributed by atoms with E-state index < -0.39 is 6.04 Å². The Kier molecular flexibility index (Phi) is 9.30. The number of piperazine rings is 1. The Morgan fingerprint density at radius 3 is 2.50 bits per heavy atom. The second-order valence-corrected chi connectivity index (χ2v) is 10.0. The number of hydrogen-bond donors (Lipinski definition) is 2. The third kappa shape index (κ3) is 6.68. The zero-order valence-electron chi connectivity index (χ0n) is 22.2. The average Bonchev–Trinajstić information content (AvgIpc) is 3.27. The third-order valence-corrected chi connectivity index (χ3v) is 7.32. The predicted octanol–water partition coefficient (Wildman–Crippen LogP) is 2.70. The van der Waals surface area contributed by atoms with Crippen LogP contribution in [0.2, 0.25) is 0 Å². The summed E-state index contributed by atoms with van der Waals surface area (Å²) in [6, 6.07) is 9.08. The Balaban J connectivity index is 1.29. The Hall–Kier alpha value is -3.50. The topological polar surface area (TPSA) is 115 Å². The molecule has 0 saturated carbocycles. The minimum Gasteiger partial charge on any atom is -0.478 e. The number of amides is 3. The lowest BCUT2D eigenvalue weighted by Crippen LogP contribution is -2.53. The summed E-state index contributed by atoms with van der Waals surface area (Å²) in [7, 11) is 2.05. The molecule has 2 N–H and O–H groups in total. The number of nitrogens with zero attached hydrogens (tertiary/aromatic N) is 4. The van der Waals surface area contributed by atoms with E-state index in [1.807, 2.05) is 42.2 Å². The van der Waals surface area contributed by atoms with Crippen LogP contribution in [-0.2, 0) is 16.1 Å². The van der Waals surface area contributed by atoms with Crippen LogP contribution in [0.1, 0.15) is 54.9 Å². The molecule has 2 aromatic rings. The number of carbonyl (C=O) groups is 3. The van der Waals surface area contributed by atoms with Crippen molar-refractivity contribution in [3.8, 4) is 17.0 Å². The smallest absolute Gasteiger partial charge is 0.255 e. The first-order chi connectivity index (χ1) is 18.4. The molecule has 10 nitrogen and oxygen atoms in total. The van der Waals surface area contributed by atoms with Gasteiger partial charge in [0.2, 0.25) is 17.7 Å². The van der Waals surface area contributed by atoms with Crippen molar-refractivity contribution in [3.05, 3.63) is 47.7 Å². The largest absolute Gasteiger partial charge is 0.478 e. The maximum atomic E-state index is 13.3. The van der Waals surface area contributed by atoms with E-state index >= 15 is 0 Å².